The summed E-state index contributed by atoms with van der Waals surface area (Å²) in [5, 5.41) is 2.86. The third kappa shape index (κ3) is 4.06. The Balaban J connectivity index is 2.47. The molecule has 2 unspecified atom stereocenters. The van der Waals surface area contributed by atoms with E-state index in [2.05, 4.69) is 19.2 Å². The van der Waals surface area contributed by atoms with Crippen molar-refractivity contribution < 1.29 is 9.53 Å². The smallest absolute Gasteiger partial charge is 0.249 e. The molecule has 1 rings (SSSR count). The van der Waals surface area contributed by atoms with Crippen LogP contribution in [0.1, 0.15) is 33.1 Å². The lowest BCUT2D eigenvalue weighted by Crippen LogP contribution is -2.47. The maximum atomic E-state index is 11.8. The molecule has 0 radical (unpaired) electrons. The first-order chi connectivity index (χ1) is 7.50. The number of nitrogens with two attached hydrogens (primary N) is 1. The number of hydrogen-bond acceptors (Lipinski definition) is 3. The first-order valence-corrected chi connectivity index (χ1v) is 6.13. The van der Waals surface area contributed by atoms with Crippen LogP contribution in [0.25, 0.3) is 0 Å². The summed E-state index contributed by atoms with van der Waals surface area (Å²) in [5.74, 6) is 0.354. The van der Waals surface area contributed by atoms with Crippen molar-refractivity contribution in [3.63, 3.8) is 0 Å². The third-order valence-corrected chi connectivity index (χ3v) is 2.87. The maximum Gasteiger partial charge on any atom is 0.249 e. The summed E-state index contributed by atoms with van der Waals surface area (Å²) >= 11 is 4.95. The van der Waals surface area contributed by atoms with Crippen molar-refractivity contribution in [1.82, 2.24) is 5.32 Å². The number of carbonyl (C=O) groups is 1. The van der Waals surface area contributed by atoms with E-state index in [1.54, 1.807) is 0 Å². The molecule has 0 aromatic heterocycles. The van der Waals surface area contributed by atoms with Crippen molar-refractivity contribution in [2.75, 3.05) is 6.61 Å². The monoisotopic (exact) mass is 244 g/mol. The van der Waals surface area contributed by atoms with Crippen LogP contribution in [0.4, 0.5) is 0 Å². The second-order valence-electron chi connectivity index (χ2n) is 4.59. The van der Waals surface area contributed by atoms with Gasteiger partial charge in [0.15, 0.2) is 0 Å². The van der Waals surface area contributed by atoms with Crippen LogP contribution in [-0.2, 0) is 9.53 Å². The van der Waals surface area contributed by atoms with Crippen LogP contribution < -0.4 is 11.1 Å². The van der Waals surface area contributed by atoms with Crippen molar-refractivity contribution in [2.45, 2.75) is 45.3 Å². The number of thiocarbonyl (C=S) groups is 1. The molecule has 3 N–H and O–H groups in total. The predicted molar refractivity (Wildman–Crippen MR) is 67.1 cm³/mol. The number of ether oxygens (including phenoxy) is 1. The van der Waals surface area contributed by atoms with E-state index in [9.17, 15) is 4.79 Å². The van der Waals surface area contributed by atoms with Crippen LogP contribution in [0.5, 0.6) is 0 Å². The highest BCUT2D eigenvalue weighted by Gasteiger charge is 2.26. The molecule has 0 aromatic carbocycles. The Morgan fingerprint density at radius 2 is 2.31 bits per heavy atom. The Labute approximate surface area is 102 Å². The molecule has 92 valence electrons. The zero-order valence-corrected chi connectivity index (χ0v) is 10.7. The highest BCUT2D eigenvalue weighted by atomic mass is 32.1. The summed E-state index contributed by atoms with van der Waals surface area (Å²) in [5.41, 5.74) is 5.61. The van der Waals surface area contributed by atoms with Gasteiger partial charge in [-0.25, -0.2) is 0 Å². The van der Waals surface area contributed by atoms with Gasteiger partial charge in [-0.15, -0.1) is 0 Å². The summed E-state index contributed by atoms with van der Waals surface area (Å²) in [6, 6.07) is -0.216. The molecule has 0 aromatic rings. The average Bonchev–Trinajstić information content (AvgIpc) is 2.68. The summed E-state index contributed by atoms with van der Waals surface area (Å²) in [7, 11) is 0. The van der Waals surface area contributed by atoms with Gasteiger partial charge in [-0.1, -0.05) is 26.1 Å². The number of carbonyl (C=O) groups excluding carboxylic acids is 1. The van der Waals surface area contributed by atoms with E-state index in [-0.39, 0.29) is 18.1 Å². The third-order valence-electron chi connectivity index (χ3n) is 2.59. The standard InChI is InChI=1S/C11H20N2O2S/c1-7(2)6-8(10(12)16)13-11(14)9-4-3-5-15-9/h7-9H,3-6H2,1-2H3,(H2,12,16)(H,13,14). The van der Waals surface area contributed by atoms with Gasteiger partial charge in [0.2, 0.25) is 5.91 Å². The normalized spacial score (nSPS) is 22.1. The van der Waals surface area contributed by atoms with Gasteiger partial charge < -0.3 is 15.8 Å². The first kappa shape index (κ1) is 13.4. The summed E-state index contributed by atoms with van der Waals surface area (Å²) < 4.78 is 5.30. The molecule has 2 atom stereocenters. The molecule has 0 spiro atoms. The molecule has 1 saturated heterocycles. The van der Waals surface area contributed by atoms with Gasteiger partial charge in [-0.2, -0.15) is 0 Å². The highest BCUT2D eigenvalue weighted by molar-refractivity contribution is 7.80. The largest absolute Gasteiger partial charge is 0.392 e. The van der Waals surface area contributed by atoms with E-state index < -0.39 is 0 Å². The van der Waals surface area contributed by atoms with Crippen molar-refractivity contribution in [1.29, 1.82) is 0 Å². The van der Waals surface area contributed by atoms with Crippen LogP contribution in [0.2, 0.25) is 0 Å². The zero-order valence-electron chi connectivity index (χ0n) is 9.86. The first-order valence-electron chi connectivity index (χ1n) is 5.72. The molecular weight excluding hydrogens is 224 g/mol. The Bertz CT molecular complexity index is 263. The lowest BCUT2D eigenvalue weighted by Gasteiger charge is -2.21. The Morgan fingerprint density at radius 3 is 2.75 bits per heavy atom. The molecule has 4 nitrogen and oxygen atoms in total. The van der Waals surface area contributed by atoms with E-state index in [0.717, 1.165) is 19.3 Å². The summed E-state index contributed by atoms with van der Waals surface area (Å²) in [6.45, 7) is 4.81. The van der Waals surface area contributed by atoms with E-state index in [1.165, 1.54) is 0 Å². The lowest BCUT2D eigenvalue weighted by atomic mass is 10.0. The fourth-order valence-corrected chi connectivity index (χ4v) is 1.92. The molecule has 5 heteroatoms. The maximum absolute atomic E-state index is 11.8. The van der Waals surface area contributed by atoms with Gasteiger partial charge in [0.1, 0.15) is 6.10 Å². The summed E-state index contributed by atoms with van der Waals surface area (Å²) in [6.07, 6.45) is 2.19. The predicted octanol–water partition coefficient (Wildman–Crippen LogP) is 0.982. The fourth-order valence-electron chi connectivity index (χ4n) is 1.77. The average molecular weight is 244 g/mol. The SMILES string of the molecule is CC(C)CC(NC(=O)C1CCCO1)C(N)=S. The molecule has 1 fully saturated rings. The Kier molecular flexibility index (Phi) is 5.15. The molecule has 1 amide bonds. The Morgan fingerprint density at radius 1 is 1.62 bits per heavy atom. The topological polar surface area (TPSA) is 64.3 Å². The second-order valence-corrected chi connectivity index (χ2v) is 5.07. The van der Waals surface area contributed by atoms with Gasteiger partial charge in [0, 0.05) is 6.61 Å². The minimum absolute atomic E-state index is 0.0871. The van der Waals surface area contributed by atoms with Crippen LogP contribution in [0.3, 0.4) is 0 Å². The van der Waals surface area contributed by atoms with Crippen molar-refractivity contribution >= 4 is 23.1 Å². The molecule has 16 heavy (non-hydrogen) atoms. The zero-order chi connectivity index (χ0) is 12.1. The van der Waals surface area contributed by atoms with Crippen molar-refractivity contribution in [3.8, 4) is 0 Å². The molecule has 0 bridgehead atoms. The van der Waals surface area contributed by atoms with E-state index in [1.807, 2.05) is 0 Å². The van der Waals surface area contributed by atoms with E-state index >= 15 is 0 Å². The van der Waals surface area contributed by atoms with Crippen LogP contribution in [0, 0.1) is 5.92 Å². The van der Waals surface area contributed by atoms with Gasteiger partial charge in [0.05, 0.1) is 11.0 Å². The van der Waals surface area contributed by atoms with Crippen molar-refractivity contribution in [2.24, 2.45) is 11.7 Å². The minimum atomic E-state index is -0.316. The minimum Gasteiger partial charge on any atom is -0.392 e. The van der Waals surface area contributed by atoms with Crippen LogP contribution in [0.15, 0.2) is 0 Å². The molecule has 1 heterocycles. The molecule has 0 aliphatic carbocycles. The number of hydrogen-bond donors (Lipinski definition) is 2. The van der Waals surface area contributed by atoms with Crippen LogP contribution in [-0.4, -0.2) is 29.6 Å². The Hall–Kier alpha value is -0.680. The number of rotatable bonds is 5. The molecule has 1 aliphatic heterocycles. The second kappa shape index (κ2) is 6.15. The van der Waals surface area contributed by atoms with Gasteiger partial charge in [-0.3, -0.25) is 4.79 Å². The molecule has 1 aliphatic rings. The van der Waals surface area contributed by atoms with E-state index in [4.69, 9.17) is 22.7 Å². The number of amides is 1. The van der Waals surface area contributed by atoms with Gasteiger partial charge in [0.25, 0.3) is 0 Å². The fraction of sp³-hybridized carbons (Fsp3) is 0.818. The summed E-state index contributed by atoms with van der Waals surface area (Å²) in [4.78, 5) is 12.1. The van der Waals surface area contributed by atoms with Gasteiger partial charge >= 0.3 is 0 Å². The molecule has 0 saturated carbocycles. The molecular formula is C11H20N2O2S. The quantitative estimate of drug-likeness (QED) is 0.708. The van der Waals surface area contributed by atoms with Crippen molar-refractivity contribution in [3.05, 3.63) is 0 Å². The number of nitrogens with one attached hydrogen (secondary N) is 1. The lowest BCUT2D eigenvalue weighted by molar-refractivity contribution is -0.130. The van der Waals surface area contributed by atoms with Gasteiger partial charge in [-0.05, 0) is 25.2 Å². The highest BCUT2D eigenvalue weighted by Crippen LogP contribution is 2.13. The van der Waals surface area contributed by atoms with Crippen LogP contribution >= 0.6 is 12.2 Å². The van der Waals surface area contributed by atoms with E-state index in [0.29, 0.717) is 17.5 Å².